The Morgan fingerprint density at radius 3 is 2.82 bits per heavy atom. The molecule has 0 spiro atoms. The van der Waals surface area contributed by atoms with E-state index in [1.54, 1.807) is 0 Å². The number of rotatable bonds is 2. The quantitative estimate of drug-likeness (QED) is 0.843. The van der Waals surface area contributed by atoms with Crippen molar-refractivity contribution in [2.45, 2.75) is 38.8 Å². The Balaban J connectivity index is 2.10. The molecule has 3 nitrogen and oxygen atoms in total. The predicted molar refractivity (Wildman–Crippen MR) is 68.4 cm³/mol. The molecule has 0 bridgehead atoms. The first-order chi connectivity index (χ1) is 8.16. The molecule has 92 valence electrons. The van der Waals surface area contributed by atoms with Gasteiger partial charge >= 0.3 is 0 Å². The standard InChI is InChI=1S/C14H20N2O/c1-11(15)9-14(17)16-8-4-7-12-5-2-3-6-13(12)10-16/h2-3,5-6,11H,4,7-10,15H2,1H3. The molecule has 1 aromatic rings. The summed E-state index contributed by atoms with van der Waals surface area (Å²) in [6.07, 6.45) is 2.56. The van der Waals surface area contributed by atoms with Crippen LogP contribution in [0, 0.1) is 0 Å². The molecule has 1 atom stereocenters. The summed E-state index contributed by atoms with van der Waals surface area (Å²) < 4.78 is 0. The number of fused-ring (bicyclic) bond motifs is 1. The first kappa shape index (κ1) is 12.1. The molecule has 2 N–H and O–H groups in total. The van der Waals surface area contributed by atoms with Crippen molar-refractivity contribution in [1.82, 2.24) is 4.90 Å². The summed E-state index contributed by atoms with van der Waals surface area (Å²) in [4.78, 5) is 14.0. The zero-order valence-corrected chi connectivity index (χ0v) is 10.4. The van der Waals surface area contributed by atoms with Crippen LogP contribution in [0.5, 0.6) is 0 Å². The van der Waals surface area contributed by atoms with Gasteiger partial charge in [0.1, 0.15) is 0 Å². The van der Waals surface area contributed by atoms with Crippen LogP contribution in [0.1, 0.15) is 30.9 Å². The Morgan fingerprint density at radius 2 is 2.12 bits per heavy atom. The minimum absolute atomic E-state index is 0.0546. The van der Waals surface area contributed by atoms with Crippen LogP contribution in [0.25, 0.3) is 0 Å². The van der Waals surface area contributed by atoms with Crippen molar-refractivity contribution in [3.8, 4) is 0 Å². The number of hydrogen-bond donors (Lipinski definition) is 1. The van der Waals surface area contributed by atoms with Gasteiger partial charge in [0.25, 0.3) is 0 Å². The van der Waals surface area contributed by atoms with Crippen LogP contribution >= 0.6 is 0 Å². The van der Waals surface area contributed by atoms with E-state index < -0.39 is 0 Å². The van der Waals surface area contributed by atoms with E-state index in [2.05, 4.69) is 18.2 Å². The van der Waals surface area contributed by atoms with Crippen LogP contribution in [-0.2, 0) is 17.8 Å². The zero-order chi connectivity index (χ0) is 12.3. The normalized spacial score (nSPS) is 17.2. The number of benzene rings is 1. The smallest absolute Gasteiger partial charge is 0.224 e. The SMILES string of the molecule is CC(N)CC(=O)N1CCCc2ccccc2C1. The van der Waals surface area contributed by atoms with Crippen LogP contribution in [0.2, 0.25) is 0 Å². The van der Waals surface area contributed by atoms with Gasteiger partial charge < -0.3 is 10.6 Å². The molecule has 1 amide bonds. The van der Waals surface area contributed by atoms with Gasteiger partial charge in [-0.1, -0.05) is 24.3 Å². The Bertz CT molecular complexity index is 401. The molecule has 1 aliphatic rings. The monoisotopic (exact) mass is 232 g/mol. The third-order valence-electron chi connectivity index (χ3n) is 3.20. The molecule has 0 fully saturated rings. The lowest BCUT2D eigenvalue weighted by Crippen LogP contribution is -2.34. The number of carbonyl (C=O) groups excluding carboxylic acids is 1. The van der Waals surface area contributed by atoms with Gasteiger partial charge in [-0.25, -0.2) is 0 Å². The topological polar surface area (TPSA) is 46.3 Å². The third kappa shape index (κ3) is 3.07. The van der Waals surface area contributed by atoms with Crippen LogP contribution < -0.4 is 5.73 Å². The molecule has 1 heterocycles. The average Bonchev–Trinajstić information content (AvgIpc) is 2.49. The molecule has 17 heavy (non-hydrogen) atoms. The number of amides is 1. The van der Waals surface area contributed by atoms with Gasteiger partial charge in [-0.2, -0.15) is 0 Å². The second-order valence-corrected chi connectivity index (χ2v) is 4.87. The molecule has 0 saturated heterocycles. The molecule has 1 aliphatic heterocycles. The minimum atomic E-state index is -0.0546. The highest BCUT2D eigenvalue weighted by Crippen LogP contribution is 2.18. The molecule has 2 rings (SSSR count). The van der Waals surface area contributed by atoms with Gasteiger partial charge in [-0.3, -0.25) is 4.79 Å². The van der Waals surface area contributed by atoms with Crippen molar-refractivity contribution in [2.75, 3.05) is 6.54 Å². The second-order valence-electron chi connectivity index (χ2n) is 4.87. The Morgan fingerprint density at radius 1 is 1.41 bits per heavy atom. The molecular weight excluding hydrogens is 212 g/mol. The van der Waals surface area contributed by atoms with E-state index in [-0.39, 0.29) is 11.9 Å². The van der Waals surface area contributed by atoms with Gasteiger partial charge in [-0.15, -0.1) is 0 Å². The van der Waals surface area contributed by atoms with Gasteiger partial charge in [0.2, 0.25) is 5.91 Å². The second kappa shape index (κ2) is 5.32. The molecule has 0 aromatic heterocycles. The van der Waals surface area contributed by atoms with Crippen LogP contribution in [0.4, 0.5) is 0 Å². The van der Waals surface area contributed by atoms with Gasteiger partial charge in [0.05, 0.1) is 0 Å². The Hall–Kier alpha value is -1.35. The summed E-state index contributed by atoms with van der Waals surface area (Å²) in [6.45, 7) is 3.46. The fourth-order valence-corrected chi connectivity index (χ4v) is 2.32. The Kier molecular flexibility index (Phi) is 3.79. The number of aryl methyl sites for hydroxylation is 1. The van der Waals surface area contributed by atoms with Crippen molar-refractivity contribution in [2.24, 2.45) is 5.73 Å². The number of carbonyl (C=O) groups is 1. The van der Waals surface area contributed by atoms with Crippen molar-refractivity contribution < 1.29 is 4.79 Å². The highest BCUT2D eigenvalue weighted by Gasteiger charge is 2.19. The van der Waals surface area contributed by atoms with Gasteiger partial charge in [0.15, 0.2) is 0 Å². The molecule has 3 heteroatoms. The lowest BCUT2D eigenvalue weighted by atomic mass is 10.0. The van der Waals surface area contributed by atoms with E-state index in [4.69, 9.17) is 5.73 Å². The van der Waals surface area contributed by atoms with E-state index in [0.717, 1.165) is 25.9 Å². The average molecular weight is 232 g/mol. The maximum absolute atomic E-state index is 12.0. The van der Waals surface area contributed by atoms with Gasteiger partial charge in [-0.05, 0) is 30.9 Å². The maximum Gasteiger partial charge on any atom is 0.224 e. The van der Waals surface area contributed by atoms with E-state index in [1.807, 2.05) is 17.9 Å². The van der Waals surface area contributed by atoms with Crippen molar-refractivity contribution in [3.63, 3.8) is 0 Å². The molecule has 0 radical (unpaired) electrons. The van der Waals surface area contributed by atoms with E-state index in [1.165, 1.54) is 11.1 Å². The van der Waals surface area contributed by atoms with Gasteiger partial charge in [0, 0.05) is 25.6 Å². The largest absolute Gasteiger partial charge is 0.338 e. The van der Waals surface area contributed by atoms with Crippen molar-refractivity contribution in [3.05, 3.63) is 35.4 Å². The van der Waals surface area contributed by atoms with E-state index in [0.29, 0.717) is 6.42 Å². The van der Waals surface area contributed by atoms with E-state index >= 15 is 0 Å². The summed E-state index contributed by atoms with van der Waals surface area (Å²) in [5, 5.41) is 0. The fraction of sp³-hybridized carbons (Fsp3) is 0.500. The third-order valence-corrected chi connectivity index (χ3v) is 3.20. The van der Waals surface area contributed by atoms with Crippen LogP contribution in [-0.4, -0.2) is 23.4 Å². The summed E-state index contributed by atoms with van der Waals surface area (Å²) in [5.41, 5.74) is 8.35. The first-order valence-corrected chi connectivity index (χ1v) is 6.27. The summed E-state index contributed by atoms with van der Waals surface area (Å²) in [7, 11) is 0. The first-order valence-electron chi connectivity index (χ1n) is 6.27. The number of hydrogen-bond acceptors (Lipinski definition) is 2. The zero-order valence-electron chi connectivity index (χ0n) is 10.4. The molecule has 1 unspecified atom stereocenters. The lowest BCUT2D eigenvalue weighted by molar-refractivity contribution is -0.132. The van der Waals surface area contributed by atoms with E-state index in [9.17, 15) is 4.79 Å². The molecular formula is C14H20N2O. The maximum atomic E-state index is 12.0. The molecule has 1 aromatic carbocycles. The number of nitrogens with two attached hydrogens (primary N) is 1. The lowest BCUT2D eigenvalue weighted by Gasteiger charge is -2.21. The van der Waals surface area contributed by atoms with Crippen LogP contribution in [0.15, 0.2) is 24.3 Å². The predicted octanol–water partition coefficient (Wildman–Crippen LogP) is 1.70. The summed E-state index contributed by atoms with van der Waals surface area (Å²) >= 11 is 0. The molecule has 0 saturated carbocycles. The minimum Gasteiger partial charge on any atom is -0.338 e. The summed E-state index contributed by atoms with van der Waals surface area (Å²) in [6, 6.07) is 8.33. The summed E-state index contributed by atoms with van der Waals surface area (Å²) in [5.74, 6) is 0.178. The fourth-order valence-electron chi connectivity index (χ4n) is 2.32. The Labute approximate surface area is 103 Å². The number of nitrogens with zero attached hydrogens (tertiary/aromatic N) is 1. The van der Waals surface area contributed by atoms with Crippen molar-refractivity contribution in [1.29, 1.82) is 0 Å². The van der Waals surface area contributed by atoms with Crippen molar-refractivity contribution >= 4 is 5.91 Å². The van der Waals surface area contributed by atoms with Crippen LogP contribution in [0.3, 0.4) is 0 Å². The highest BCUT2D eigenvalue weighted by atomic mass is 16.2. The highest BCUT2D eigenvalue weighted by molar-refractivity contribution is 5.76. The molecule has 0 aliphatic carbocycles.